The fourth-order valence-corrected chi connectivity index (χ4v) is 5.68. The van der Waals surface area contributed by atoms with Crippen molar-refractivity contribution >= 4 is 32.2 Å². The van der Waals surface area contributed by atoms with Gasteiger partial charge in [-0.3, -0.25) is 10.1 Å². The third-order valence-corrected chi connectivity index (χ3v) is 7.82. The van der Waals surface area contributed by atoms with E-state index in [0.29, 0.717) is 22.7 Å². The number of benzene rings is 3. The van der Waals surface area contributed by atoms with E-state index in [1.54, 1.807) is 66.7 Å². The Hall–Kier alpha value is -3.36. The summed E-state index contributed by atoms with van der Waals surface area (Å²) in [6.07, 6.45) is 0.590. The first kappa shape index (κ1) is 22.8. The number of thiazole rings is 1. The molecule has 1 amide bonds. The van der Waals surface area contributed by atoms with Crippen molar-refractivity contribution in [1.82, 2.24) is 4.98 Å². The normalized spacial score (nSPS) is 11.3. The second-order valence-electron chi connectivity index (χ2n) is 7.56. The number of amides is 1. The summed E-state index contributed by atoms with van der Waals surface area (Å²) in [7, 11) is -3.51. The van der Waals surface area contributed by atoms with Crippen LogP contribution in [0, 0.1) is 12.7 Å². The molecular weight excluding hydrogens is 459 g/mol. The first-order chi connectivity index (χ1) is 15.8. The number of hydrogen-bond donors (Lipinski definition) is 1. The molecule has 0 bridgehead atoms. The van der Waals surface area contributed by atoms with Crippen LogP contribution in [0.4, 0.5) is 9.52 Å². The molecule has 0 aliphatic heterocycles. The predicted molar refractivity (Wildman–Crippen MR) is 128 cm³/mol. The minimum Gasteiger partial charge on any atom is -0.298 e. The number of anilines is 1. The highest BCUT2D eigenvalue weighted by Crippen LogP contribution is 2.26. The molecule has 0 saturated carbocycles. The first-order valence-corrected chi connectivity index (χ1v) is 12.7. The van der Waals surface area contributed by atoms with Crippen LogP contribution in [-0.2, 0) is 22.0 Å². The highest BCUT2D eigenvalue weighted by atomic mass is 32.2. The van der Waals surface area contributed by atoms with Gasteiger partial charge in [-0.15, -0.1) is 11.3 Å². The van der Waals surface area contributed by atoms with Crippen molar-refractivity contribution in [3.63, 3.8) is 0 Å². The molecule has 5 nitrogen and oxygen atoms in total. The molecule has 0 spiro atoms. The van der Waals surface area contributed by atoms with E-state index >= 15 is 0 Å². The van der Waals surface area contributed by atoms with Crippen molar-refractivity contribution in [2.24, 2.45) is 0 Å². The minimum absolute atomic E-state index is 0.198. The molecule has 1 heterocycles. The third-order valence-electron chi connectivity index (χ3n) is 5.04. The quantitative estimate of drug-likeness (QED) is 0.384. The van der Waals surface area contributed by atoms with Gasteiger partial charge >= 0.3 is 0 Å². The average molecular weight is 481 g/mol. The van der Waals surface area contributed by atoms with Gasteiger partial charge in [-0.05, 0) is 54.4 Å². The summed E-state index contributed by atoms with van der Waals surface area (Å²) in [5, 5.41) is 3.25. The molecule has 4 aromatic rings. The zero-order valence-corrected chi connectivity index (χ0v) is 19.4. The van der Waals surface area contributed by atoms with Gasteiger partial charge in [0, 0.05) is 16.9 Å². The number of hydrogen-bond acceptors (Lipinski definition) is 5. The van der Waals surface area contributed by atoms with Gasteiger partial charge in [-0.1, -0.05) is 42.5 Å². The number of aromatic nitrogens is 1. The van der Waals surface area contributed by atoms with E-state index in [1.165, 1.54) is 23.5 Å². The lowest BCUT2D eigenvalue weighted by molar-refractivity contribution is 0.102. The van der Waals surface area contributed by atoms with Gasteiger partial charge in [0.05, 0.1) is 16.3 Å². The molecule has 4 rings (SSSR count). The van der Waals surface area contributed by atoms with E-state index in [-0.39, 0.29) is 22.4 Å². The molecule has 168 valence electrons. The van der Waals surface area contributed by atoms with E-state index in [2.05, 4.69) is 10.3 Å². The number of nitrogens with zero attached hydrogens (tertiary/aromatic N) is 1. The van der Waals surface area contributed by atoms with Crippen LogP contribution >= 0.6 is 11.3 Å². The van der Waals surface area contributed by atoms with Crippen molar-refractivity contribution in [2.45, 2.75) is 24.0 Å². The van der Waals surface area contributed by atoms with Crippen LogP contribution < -0.4 is 5.32 Å². The Morgan fingerprint density at radius 3 is 2.42 bits per heavy atom. The summed E-state index contributed by atoms with van der Waals surface area (Å²) in [5.41, 5.74) is 2.62. The number of carbonyl (C=O) groups excluding carboxylic acids is 1. The molecule has 0 atom stereocenters. The maximum Gasteiger partial charge on any atom is 0.257 e. The number of sulfone groups is 1. The highest BCUT2D eigenvalue weighted by Gasteiger charge is 2.17. The standard InChI is InChI=1S/C25H21FN2O3S2/c1-17-23(15-18-10-12-21(26)13-11-18)32-25(27-17)28-24(29)20-7-5-6-19(14-20)16-33(30,31)22-8-3-2-4-9-22/h2-14H,15-16H2,1H3,(H,27,28,29). The van der Waals surface area contributed by atoms with E-state index < -0.39 is 9.84 Å². The minimum atomic E-state index is -3.51. The Labute approximate surface area is 195 Å². The molecular formula is C25H21FN2O3S2. The Morgan fingerprint density at radius 1 is 0.970 bits per heavy atom. The van der Waals surface area contributed by atoms with Crippen molar-refractivity contribution in [1.29, 1.82) is 0 Å². The number of halogens is 1. The van der Waals surface area contributed by atoms with Gasteiger partial charge in [0.2, 0.25) is 0 Å². The Morgan fingerprint density at radius 2 is 1.70 bits per heavy atom. The first-order valence-electron chi connectivity index (χ1n) is 10.2. The molecule has 0 saturated heterocycles. The van der Waals surface area contributed by atoms with Crippen molar-refractivity contribution in [3.05, 3.63) is 112 Å². The molecule has 0 unspecified atom stereocenters. The van der Waals surface area contributed by atoms with Crippen molar-refractivity contribution in [3.8, 4) is 0 Å². The molecule has 33 heavy (non-hydrogen) atoms. The summed E-state index contributed by atoms with van der Waals surface area (Å²) in [4.78, 5) is 18.4. The molecule has 3 aromatic carbocycles. The lowest BCUT2D eigenvalue weighted by Crippen LogP contribution is -2.12. The van der Waals surface area contributed by atoms with E-state index in [1.807, 2.05) is 6.92 Å². The largest absolute Gasteiger partial charge is 0.298 e. The Bertz CT molecular complexity index is 1380. The van der Waals surface area contributed by atoms with Crippen LogP contribution in [0.3, 0.4) is 0 Å². The lowest BCUT2D eigenvalue weighted by Gasteiger charge is -2.07. The summed E-state index contributed by atoms with van der Waals surface area (Å²) in [5.74, 6) is -0.849. The topological polar surface area (TPSA) is 76.1 Å². The summed E-state index contributed by atoms with van der Waals surface area (Å²) >= 11 is 1.36. The van der Waals surface area contributed by atoms with Crippen LogP contribution in [0.5, 0.6) is 0 Å². The molecule has 1 aromatic heterocycles. The van der Waals surface area contributed by atoms with E-state index in [4.69, 9.17) is 0 Å². The van der Waals surface area contributed by atoms with Gasteiger partial charge in [-0.25, -0.2) is 17.8 Å². The molecule has 0 radical (unpaired) electrons. The number of aryl methyl sites for hydroxylation is 1. The second kappa shape index (κ2) is 9.64. The molecule has 0 aliphatic rings. The highest BCUT2D eigenvalue weighted by molar-refractivity contribution is 7.90. The third kappa shape index (κ3) is 5.71. The van der Waals surface area contributed by atoms with Crippen LogP contribution in [0.25, 0.3) is 0 Å². The SMILES string of the molecule is Cc1nc(NC(=O)c2cccc(CS(=O)(=O)c3ccccc3)c2)sc1Cc1ccc(F)cc1. The van der Waals surface area contributed by atoms with Crippen molar-refractivity contribution in [2.75, 3.05) is 5.32 Å². The second-order valence-corrected chi connectivity index (χ2v) is 10.6. The fourth-order valence-electron chi connectivity index (χ4n) is 3.34. The van der Waals surface area contributed by atoms with Gasteiger partial charge in [0.15, 0.2) is 15.0 Å². The maximum absolute atomic E-state index is 13.1. The lowest BCUT2D eigenvalue weighted by atomic mass is 10.1. The number of carbonyl (C=O) groups is 1. The van der Waals surface area contributed by atoms with Crippen molar-refractivity contribution < 1.29 is 17.6 Å². The summed E-state index contributed by atoms with van der Waals surface area (Å²) < 4.78 is 38.4. The smallest absolute Gasteiger partial charge is 0.257 e. The van der Waals surface area contributed by atoms with Gasteiger partial charge < -0.3 is 0 Å². The monoisotopic (exact) mass is 480 g/mol. The summed E-state index contributed by atoms with van der Waals surface area (Å²) in [6, 6.07) is 21.1. The Balaban J connectivity index is 1.46. The number of rotatable bonds is 7. The van der Waals surface area contributed by atoms with Gasteiger partial charge in [0.1, 0.15) is 5.82 Å². The fraction of sp³-hybridized carbons (Fsp3) is 0.120. The summed E-state index contributed by atoms with van der Waals surface area (Å²) in [6.45, 7) is 1.86. The Kier molecular flexibility index (Phi) is 6.67. The van der Waals surface area contributed by atoms with Gasteiger partial charge in [0.25, 0.3) is 5.91 Å². The maximum atomic E-state index is 13.1. The average Bonchev–Trinajstić information content (AvgIpc) is 3.14. The van der Waals surface area contributed by atoms with Crippen LogP contribution in [0.2, 0.25) is 0 Å². The zero-order chi connectivity index (χ0) is 23.4. The number of nitrogens with one attached hydrogen (secondary N) is 1. The van der Waals surface area contributed by atoms with Crippen LogP contribution in [0.1, 0.15) is 32.1 Å². The molecule has 1 N–H and O–H groups in total. The van der Waals surface area contributed by atoms with E-state index in [9.17, 15) is 17.6 Å². The molecule has 0 aliphatic carbocycles. The predicted octanol–water partition coefficient (Wildman–Crippen LogP) is 5.41. The molecule has 0 fully saturated rings. The zero-order valence-electron chi connectivity index (χ0n) is 17.8. The van der Waals surface area contributed by atoms with Crippen LogP contribution in [0.15, 0.2) is 83.8 Å². The van der Waals surface area contributed by atoms with Crippen LogP contribution in [-0.4, -0.2) is 19.3 Å². The van der Waals surface area contributed by atoms with E-state index in [0.717, 1.165) is 16.1 Å². The molecule has 8 heteroatoms. The van der Waals surface area contributed by atoms with Gasteiger partial charge in [-0.2, -0.15) is 0 Å².